The molecule has 1 aliphatic rings. The highest BCUT2D eigenvalue weighted by molar-refractivity contribution is 5.82. The fourth-order valence-corrected chi connectivity index (χ4v) is 4.11. The van der Waals surface area contributed by atoms with Crippen molar-refractivity contribution in [1.29, 1.82) is 0 Å². The molecular formula is C25H27NO6. The van der Waals surface area contributed by atoms with E-state index in [0.29, 0.717) is 35.9 Å². The Morgan fingerprint density at radius 1 is 1.06 bits per heavy atom. The number of carbonyl (C=O) groups is 1. The first-order valence-electron chi connectivity index (χ1n) is 10.7. The number of nitrogens with zero attached hydrogens (tertiary/aromatic N) is 1. The summed E-state index contributed by atoms with van der Waals surface area (Å²) in [5.41, 5.74) is 3.24. The molecular weight excluding hydrogens is 410 g/mol. The van der Waals surface area contributed by atoms with E-state index in [1.165, 1.54) is 6.07 Å². The van der Waals surface area contributed by atoms with E-state index in [2.05, 4.69) is 6.92 Å². The monoisotopic (exact) mass is 437 g/mol. The van der Waals surface area contributed by atoms with Crippen LogP contribution in [0.15, 0.2) is 45.6 Å². The van der Waals surface area contributed by atoms with Crippen LogP contribution < -0.4 is 19.8 Å². The maximum Gasteiger partial charge on any atom is 0.336 e. The summed E-state index contributed by atoms with van der Waals surface area (Å²) in [5, 5.41) is 0.891. The molecule has 0 radical (unpaired) electrons. The van der Waals surface area contributed by atoms with Gasteiger partial charge in [0.2, 0.25) is 0 Å². The molecule has 0 saturated heterocycles. The van der Waals surface area contributed by atoms with Crippen LogP contribution in [0.3, 0.4) is 0 Å². The van der Waals surface area contributed by atoms with Crippen molar-refractivity contribution < 1.29 is 23.4 Å². The van der Waals surface area contributed by atoms with E-state index >= 15 is 0 Å². The van der Waals surface area contributed by atoms with E-state index in [0.717, 1.165) is 41.3 Å². The zero-order chi connectivity index (χ0) is 22.7. The number of amides is 1. The smallest absolute Gasteiger partial charge is 0.336 e. The minimum absolute atomic E-state index is 0.0903. The maximum absolute atomic E-state index is 12.8. The highest BCUT2D eigenvalue weighted by atomic mass is 16.5. The van der Waals surface area contributed by atoms with Gasteiger partial charge in [-0.3, -0.25) is 4.79 Å². The predicted molar refractivity (Wildman–Crippen MR) is 121 cm³/mol. The van der Waals surface area contributed by atoms with Gasteiger partial charge in [-0.15, -0.1) is 0 Å². The van der Waals surface area contributed by atoms with Crippen molar-refractivity contribution in [2.24, 2.45) is 0 Å². The van der Waals surface area contributed by atoms with Gasteiger partial charge in [0, 0.05) is 30.6 Å². The number of ether oxygens (including phenoxy) is 3. The molecule has 4 rings (SSSR count). The number of hydrogen-bond acceptors (Lipinski definition) is 6. The molecule has 0 atom stereocenters. The third-order valence-electron chi connectivity index (χ3n) is 5.75. The van der Waals surface area contributed by atoms with Crippen LogP contribution >= 0.6 is 0 Å². The van der Waals surface area contributed by atoms with Crippen LogP contribution in [0.5, 0.6) is 17.2 Å². The number of benzene rings is 2. The van der Waals surface area contributed by atoms with Crippen molar-refractivity contribution in [3.8, 4) is 17.2 Å². The van der Waals surface area contributed by atoms with Gasteiger partial charge in [-0.2, -0.15) is 0 Å². The molecule has 0 unspecified atom stereocenters. The number of hydrogen-bond donors (Lipinski definition) is 0. The summed E-state index contributed by atoms with van der Waals surface area (Å²) in [5.74, 6) is 1.73. The Labute approximate surface area is 186 Å². The molecule has 1 amide bonds. The molecule has 0 N–H and O–H groups in total. The van der Waals surface area contributed by atoms with Crippen LogP contribution in [0, 0.1) is 0 Å². The second-order valence-electron chi connectivity index (χ2n) is 7.83. The fraction of sp³-hybridized carbons (Fsp3) is 0.360. The molecule has 0 aliphatic carbocycles. The molecule has 1 aromatic heterocycles. The summed E-state index contributed by atoms with van der Waals surface area (Å²) in [4.78, 5) is 26.4. The largest absolute Gasteiger partial charge is 0.493 e. The first-order valence-corrected chi connectivity index (χ1v) is 10.7. The molecule has 1 aliphatic heterocycles. The molecule has 0 spiro atoms. The van der Waals surface area contributed by atoms with E-state index in [9.17, 15) is 9.59 Å². The number of carbonyl (C=O) groups excluding carboxylic acids is 1. The quantitative estimate of drug-likeness (QED) is 0.524. The lowest BCUT2D eigenvalue weighted by molar-refractivity contribution is -0.134. The highest BCUT2D eigenvalue weighted by Gasteiger charge is 2.23. The van der Waals surface area contributed by atoms with Crippen LogP contribution in [0.25, 0.3) is 11.0 Å². The lowest BCUT2D eigenvalue weighted by Gasteiger charge is -2.29. The van der Waals surface area contributed by atoms with Crippen molar-refractivity contribution in [1.82, 2.24) is 4.90 Å². The molecule has 0 fully saturated rings. The molecule has 32 heavy (non-hydrogen) atoms. The average Bonchev–Trinajstić information content (AvgIpc) is 2.81. The third-order valence-corrected chi connectivity index (χ3v) is 5.75. The van der Waals surface area contributed by atoms with Gasteiger partial charge in [-0.25, -0.2) is 4.79 Å². The Morgan fingerprint density at radius 2 is 1.81 bits per heavy atom. The zero-order valence-corrected chi connectivity index (χ0v) is 18.6. The number of fused-ring (bicyclic) bond motifs is 2. The van der Waals surface area contributed by atoms with Crippen LogP contribution in [-0.2, 0) is 24.2 Å². The van der Waals surface area contributed by atoms with Gasteiger partial charge in [0.05, 0.1) is 14.2 Å². The van der Waals surface area contributed by atoms with E-state index in [4.69, 9.17) is 18.6 Å². The lowest BCUT2D eigenvalue weighted by atomic mass is 9.99. The minimum Gasteiger partial charge on any atom is -0.493 e. The molecule has 2 heterocycles. The van der Waals surface area contributed by atoms with Crippen molar-refractivity contribution in [2.75, 3.05) is 27.4 Å². The predicted octanol–water partition coefficient (Wildman–Crippen LogP) is 3.73. The Kier molecular flexibility index (Phi) is 6.35. The first-order chi connectivity index (χ1) is 15.5. The second-order valence-corrected chi connectivity index (χ2v) is 7.83. The summed E-state index contributed by atoms with van der Waals surface area (Å²) in [6.07, 6.45) is 2.47. The maximum atomic E-state index is 12.8. The van der Waals surface area contributed by atoms with Gasteiger partial charge in [0.1, 0.15) is 11.3 Å². The third kappa shape index (κ3) is 4.42. The SMILES string of the molecule is CCCc1cc(=O)oc2cc(OCC(=O)N3CCc4cc(OC)c(OC)cc4C3)ccc12. The van der Waals surface area contributed by atoms with Gasteiger partial charge < -0.3 is 23.5 Å². The first kappa shape index (κ1) is 21.7. The molecule has 0 saturated carbocycles. The molecule has 3 aromatic rings. The highest BCUT2D eigenvalue weighted by Crippen LogP contribution is 2.33. The zero-order valence-electron chi connectivity index (χ0n) is 18.6. The van der Waals surface area contributed by atoms with Gasteiger partial charge in [-0.1, -0.05) is 13.3 Å². The topological polar surface area (TPSA) is 78.2 Å². The molecule has 168 valence electrons. The fourth-order valence-electron chi connectivity index (χ4n) is 4.11. The number of methoxy groups -OCH3 is 2. The van der Waals surface area contributed by atoms with Crippen molar-refractivity contribution in [2.45, 2.75) is 32.7 Å². The van der Waals surface area contributed by atoms with Gasteiger partial charge in [-0.05, 0) is 53.8 Å². The van der Waals surface area contributed by atoms with E-state index in [1.807, 2.05) is 18.2 Å². The van der Waals surface area contributed by atoms with Gasteiger partial charge in [0.25, 0.3) is 5.91 Å². The summed E-state index contributed by atoms with van der Waals surface area (Å²) >= 11 is 0. The number of rotatable bonds is 7. The Hall–Kier alpha value is -3.48. The van der Waals surface area contributed by atoms with Crippen LogP contribution in [0.1, 0.15) is 30.0 Å². The minimum atomic E-state index is -0.381. The summed E-state index contributed by atoms with van der Waals surface area (Å²) in [6.45, 7) is 3.07. The molecule has 0 bridgehead atoms. The summed E-state index contributed by atoms with van der Waals surface area (Å²) in [7, 11) is 3.21. The van der Waals surface area contributed by atoms with E-state index in [-0.39, 0.29) is 18.1 Å². The average molecular weight is 437 g/mol. The standard InChI is InChI=1S/C25H27NO6/c1-4-5-17-12-25(28)32-21-13-19(6-7-20(17)21)31-15-24(27)26-9-8-16-10-22(29-2)23(30-3)11-18(16)14-26/h6-7,10-13H,4-5,8-9,14-15H2,1-3H3. The van der Waals surface area contributed by atoms with Crippen molar-refractivity contribution >= 4 is 16.9 Å². The van der Waals surface area contributed by atoms with Crippen LogP contribution in [-0.4, -0.2) is 38.2 Å². The lowest BCUT2D eigenvalue weighted by Crippen LogP contribution is -2.38. The summed E-state index contributed by atoms with van der Waals surface area (Å²) < 4.78 is 21.8. The Morgan fingerprint density at radius 3 is 2.53 bits per heavy atom. The van der Waals surface area contributed by atoms with Crippen LogP contribution in [0.4, 0.5) is 0 Å². The van der Waals surface area contributed by atoms with Gasteiger partial charge >= 0.3 is 5.63 Å². The van der Waals surface area contributed by atoms with Crippen molar-refractivity contribution in [3.63, 3.8) is 0 Å². The van der Waals surface area contributed by atoms with Crippen LogP contribution in [0.2, 0.25) is 0 Å². The van der Waals surface area contributed by atoms with Crippen molar-refractivity contribution in [3.05, 3.63) is 63.5 Å². The molecule has 7 nitrogen and oxygen atoms in total. The number of aryl methyl sites for hydroxylation is 1. The Bertz CT molecular complexity index is 1200. The van der Waals surface area contributed by atoms with Gasteiger partial charge in [0.15, 0.2) is 18.1 Å². The van der Waals surface area contributed by atoms with E-state index in [1.54, 1.807) is 31.3 Å². The normalized spacial score (nSPS) is 13.0. The Balaban J connectivity index is 1.45. The van der Waals surface area contributed by atoms with E-state index < -0.39 is 0 Å². The molecule has 7 heteroatoms. The second kappa shape index (κ2) is 9.34. The summed E-state index contributed by atoms with van der Waals surface area (Å²) in [6, 6.07) is 10.8. The molecule has 2 aromatic carbocycles.